The van der Waals surface area contributed by atoms with Gasteiger partial charge in [0, 0.05) is 35.3 Å². The molecule has 1 aliphatic carbocycles. The third kappa shape index (κ3) is 4.45. The molecule has 2 fully saturated rings. The van der Waals surface area contributed by atoms with Gasteiger partial charge in [-0.2, -0.15) is 0 Å². The summed E-state index contributed by atoms with van der Waals surface area (Å²) in [7, 11) is 0. The molecule has 2 aliphatic rings. The smallest absolute Gasteiger partial charge is 0.335 e. The molecular formula is C24H29Cl2N3O3. The number of carboxylic acid groups (broad SMARTS) is 1. The van der Waals surface area contributed by atoms with Crippen molar-refractivity contribution in [3.05, 3.63) is 64.7 Å². The quantitative estimate of drug-likeness (QED) is 0.638. The Labute approximate surface area is 199 Å². The standard InChI is InChI=1S/C24H28ClN3O3.ClH/c1-16-14-27(23(31)28(16)21-7-5-17(6-8-21)22(29)30)20-9-11-24(15-26,12-10-20)18-3-2-4-19(25)13-18;/h2-8,13,16,20H,9-12,14-15,26H2,1H3,(H,29,30);1H. The Morgan fingerprint density at radius 3 is 2.41 bits per heavy atom. The van der Waals surface area contributed by atoms with Crippen LogP contribution in [0.1, 0.15) is 48.5 Å². The Morgan fingerprint density at radius 1 is 1.19 bits per heavy atom. The zero-order valence-electron chi connectivity index (χ0n) is 18.0. The first-order chi connectivity index (χ1) is 14.8. The molecule has 2 aromatic carbocycles. The van der Waals surface area contributed by atoms with Gasteiger partial charge in [0.1, 0.15) is 0 Å². The summed E-state index contributed by atoms with van der Waals surface area (Å²) in [4.78, 5) is 28.1. The van der Waals surface area contributed by atoms with E-state index in [1.807, 2.05) is 30.0 Å². The third-order valence-electron chi connectivity index (χ3n) is 6.93. The van der Waals surface area contributed by atoms with Gasteiger partial charge in [0.2, 0.25) is 0 Å². The Bertz CT molecular complexity index is 975. The maximum absolute atomic E-state index is 13.3. The Morgan fingerprint density at radius 2 is 1.84 bits per heavy atom. The number of carboxylic acids is 1. The highest BCUT2D eigenvalue weighted by Crippen LogP contribution is 2.42. The van der Waals surface area contributed by atoms with E-state index in [0.717, 1.165) is 36.4 Å². The number of aromatic carboxylic acids is 1. The van der Waals surface area contributed by atoms with Gasteiger partial charge >= 0.3 is 12.0 Å². The third-order valence-corrected chi connectivity index (χ3v) is 7.16. The summed E-state index contributed by atoms with van der Waals surface area (Å²) in [6, 6.07) is 14.7. The van der Waals surface area contributed by atoms with Crippen LogP contribution in [-0.2, 0) is 5.41 Å². The van der Waals surface area contributed by atoms with E-state index in [-0.39, 0.29) is 41.5 Å². The lowest BCUT2D eigenvalue weighted by Crippen LogP contribution is -2.46. The van der Waals surface area contributed by atoms with Crippen molar-refractivity contribution in [2.24, 2.45) is 5.73 Å². The summed E-state index contributed by atoms with van der Waals surface area (Å²) < 4.78 is 0. The maximum Gasteiger partial charge on any atom is 0.335 e. The van der Waals surface area contributed by atoms with Crippen molar-refractivity contribution in [1.29, 1.82) is 0 Å². The summed E-state index contributed by atoms with van der Waals surface area (Å²) in [5, 5.41) is 9.84. The zero-order valence-corrected chi connectivity index (χ0v) is 19.6. The highest BCUT2D eigenvalue weighted by Gasteiger charge is 2.43. The number of hydrogen-bond acceptors (Lipinski definition) is 3. The van der Waals surface area contributed by atoms with E-state index in [4.69, 9.17) is 22.4 Å². The van der Waals surface area contributed by atoms with Gasteiger partial charge in [-0.25, -0.2) is 9.59 Å². The van der Waals surface area contributed by atoms with Crippen LogP contribution in [0, 0.1) is 0 Å². The molecule has 4 rings (SSSR count). The molecule has 172 valence electrons. The summed E-state index contributed by atoms with van der Waals surface area (Å²) in [6.45, 7) is 3.26. The normalized spacial score (nSPS) is 25.5. The SMILES string of the molecule is CC1CN(C2CCC(CN)(c3cccc(Cl)c3)CC2)C(=O)N1c1ccc(C(=O)O)cc1.Cl. The number of hydrogen-bond donors (Lipinski definition) is 2. The number of urea groups is 1. The lowest BCUT2D eigenvalue weighted by atomic mass is 9.68. The van der Waals surface area contributed by atoms with Crippen LogP contribution in [0.2, 0.25) is 5.02 Å². The fourth-order valence-electron chi connectivity index (χ4n) is 5.10. The van der Waals surface area contributed by atoms with Gasteiger partial charge in [-0.15, -0.1) is 12.4 Å². The topological polar surface area (TPSA) is 86.9 Å². The van der Waals surface area contributed by atoms with Crippen LogP contribution in [0.5, 0.6) is 0 Å². The van der Waals surface area contributed by atoms with E-state index >= 15 is 0 Å². The largest absolute Gasteiger partial charge is 0.478 e. The van der Waals surface area contributed by atoms with Crippen molar-refractivity contribution in [3.8, 4) is 0 Å². The molecule has 3 N–H and O–H groups in total. The minimum absolute atomic E-state index is 0. The number of carbonyl (C=O) groups is 2. The van der Waals surface area contributed by atoms with Crippen molar-refractivity contribution >= 4 is 41.7 Å². The average Bonchev–Trinajstić information content (AvgIpc) is 3.07. The fourth-order valence-corrected chi connectivity index (χ4v) is 5.29. The van der Waals surface area contributed by atoms with Crippen LogP contribution in [0.25, 0.3) is 0 Å². The Hall–Kier alpha value is -2.28. The Kier molecular flexibility index (Phi) is 7.38. The van der Waals surface area contributed by atoms with Crippen LogP contribution < -0.4 is 10.6 Å². The maximum atomic E-state index is 13.3. The minimum Gasteiger partial charge on any atom is -0.478 e. The van der Waals surface area contributed by atoms with Gasteiger partial charge in [-0.05, 0) is 74.6 Å². The predicted molar refractivity (Wildman–Crippen MR) is 129 cm³/mol. The number of halogens is 2. The highest BCUT2D eigenvalue weighted by atomic mass is 35.5. The molecule has 6 nitrogen and oxygen atoms in total. The fraction of sp³-hybridized carbons (Fsp3) is 0.417. The molecule has 2 amide bonds. The van der Waals surface area contributed by atoms with Gasteiger partial charge in [0.15, 0.2) is 0 Å². The van der Waals surface area contributed by atoms with E-state index in [9.17, 15) is 9.59 Å². The van der Waals surface area contributed by atoms with Gasteiger partial charge in [-0.3, -0.25) is 4.90 Å². The minimum atomic E-state index is -0.973. The molecule has 0 radical (unpaired) electrons. The first-order valence-electron chi connectivity index (χ1n) is 10.7. The molecule has 8 heteroatoms. The summed E-state index contributed by atoms with van der Waals surface area (Å²) in [6.07, 6.45) is 3.63. The molecular weight excluding hydrogens is 449 g/mol. The van der Waals surface area contributed by atoms with Crippen LogP contribution >= 0.6 is 24.0 Å². The van der Waals surface area contributed by atoms with Crippen molar-refractivity contribution in [3.63, 3.8) is 0 Å². The number of anilines is 1. The molecule has 0 aromatic heterocycles. The van der Waals surface area contributed by atoms with Crippen molar-refractivity contribution in [2.45, 2.75) is 50.1 Å². The molecule has 1 saturated heterocycles. The second kappa shape index (κ2) is 9.69. The van der Waals surface area contributed by atoms with Crippen LogP contribution in [0.4, 0.5) is 10.5 Å². The molecule has 2 aromatic rings. The number of benzene rings is 2. The van der Waals surface area contributed by atoms with Gasteiger partial charge < -0.3 is 15.7 Å². The first kappa shape index (κ1) is 24.4. The summed E-state index contributed by atoms with van der Waals surface area (Å²) in [5.41, 5.74) is 8.26. The molecule has 0 bridgehead atoms. The monoisotopic (exact) mass is 477 g/mol. The van der Waals surface area contributed by atoms with Crippen molar-refractivity contribution < 1.29 is 14.7 Å². The number of amides is 2. The summed E-state index contributed by atoms with van der Waals surface area (Å²) >= 11 is 6.22. The average molecular weight is 478 g/mol. The van der Waals surface area contributed by atoms with Gasteiger partial charge in [-0.1, -0.05) is 23.7 Å². The second-order valence-electron chi connectivity index (χ2n) is 8.73. The number of nitrogens with zero attached hydrogens (tertiary/aromatic N) is 2. The van der Waals surface area contributed by atoms with E-state index in [2.05, 4.69) is 6.07 Å². The van der Waals surface area contributed by atoms with E-state index in [1.165, 1.54) is 5.56 Å². The van der Waals surface area contributed by atoms with Gasteiger partial charge in [0.05, 0.1) is 11.6 Å². The van der Waals surface area contributed by atoms with E-state index in [1.54, 1.807) is 29.2 Å². The summed E-state index contributed by atoms with van der Waals surface area (Å²) in [5.74, 6) is -0.973. The van der Waals surface area contributed by atoms with Crippen LogP contribution in [0.15, 0.2) is 48.5 Å². The molecule has 1 saturated carbocycles. The van der Waals surface area contributed by atoms with Gasteiger partial charge in [0.25, 0.3) is 0 Å². The number of rotatable bonds is 5. The Balaban J connectivity index is 0.00000289. The van der Waals surface area contributed by atoms with Crippen LogP contribution in [-0.4, -0.2) is 47.2 Å². The molecule has 1 heterocycles. The molecule has 0 spiro atoms. The first-order valence-corrected chi connectivity index (χ1v) is 11.1. The van der Waals surface area contributed by atoms with E-state index in [0.29, 0.717) is 13.1 Å². The number of nitrogens with two attached hydrogens (primary N) is 1. The molecule has 32 heavy (non-hydrogen) atoms. The molecule has 1 atom stereocenters. The van der Waals surface area contributed by atoms with Crippen molar-refractivity contribution in [2.75, 3.05) is 18.0 Å². The lowest BCUT2D eigenvalue weighted by molar-refractivity contribution is 0.0697. The second-order valence-corrected chi connectivity index (χ2v) is 9.17. The zero-order chi connectivity index (χ0) is 22.2. The van der Waals surface area contributed by atoms with Crippen LogP contribution in [0.3, 0.4) is 0 Å². The molecule has 1 aliphatic heterocycles. The number of carbonyl (C=O) groups excluding carboxylic acids is 1. The van der Waals surface area contributed by atoms with E-state index < -0.39 is 5.97 Å². The molecule has 1 unspecified atom stereocenters. The lowest BCUT2D eigenvalue weighted by Gasteiger charge is -2.42. The van der Waals surface area contributed by atoms with Crippen molar-refractivity contribution in [1.82, 2.24) is 4.90 Å². The predicted octanol–water partition coefficient (Wildman–Crippen LogP) is 4.93. The highest BCUT2D eigenvalue weighted by molar-refractivity contribution is 6.30.